The van der Waals surface area contributed by atoms with E-state index in [4.69, 9.17) is 17.3 Å². The molecule has 0 aliphatic carbocycles. The predicted octanol–water partition coefficient (Wildman–Crippen LogP) is 2.46. The number of aryl methyl sites for hydroxylation is 1. The van der Waals surface area contributed by atoms with E-state index in [0.717, 1.165) is 11.3 Å². The van der Waals surface area contributed by atoms with Gasteiger partial charge in [0, 0.05) is 13.2 Å². The third-order valence-electron chi connectivity index (χ3n) is 2.55. The Morgan fingerprint density at radius 2 is 2.24 bits per heavy atom. The summed E-state index contributed by atoms with van der Waals surface area (Å²) in [5.41, 5.74) is 7.60. The van der Waals surface area contributed by atoms with Gasteiger partial charge in [0.1, 0.15) is 5.82 Å². The Bertz CT molecular complexity index is 524. The van der Waals surface area contributed by atoms with Gasteiger partial charge < -0.3 is 5.73 Å². The highest BCUT2D eigenvalue weighted by molar-refractivity contribution is 6.30. The summed E-state index contributed by atoms with van der Waals surface area (Å²) in [4.78, 5) is 0. The molecule has 2 N–H and O–H groups in total. The minimum Gasteiger partial charge on any atom is -0.322 e. The number of benzene rings is 1. The number of rotatable bonds is 3. The van der Waals surface area contributed by atoms with Gasteiger partial charge in [0.25, 0.3) is 0 Å². The lowest BCUT2D eigenvalue weighted by Gasteiger charge is -2.09. The molecule has 1 aromatic heterocycles. The maximum Gasteiger partial charge on any atom is 0.142 e. The molecule has 1 aromatic carbocycles. The van der Waals surface area contributed by atoms with Crippen molar-refractivity contribution in [1.82, 2.24) is 9.78 Å². The van der Waals surface area contributed by atoms with Gasteiger partial charge >= 0.3 is 0 Å². The third-order valence-corrected chi connectivity index (χ3v) is 2.86. The minimum absolute atomic E-state index is 0.125. The van der Waals surface area contributed by atoms with Gasteiger partial charge in [0.05, 0.1) is 16.8 Å². The molecule has 2 aromatic rings. The van der Waals surface area contributed by atoms with Crippen LogP contribution in [0.25, 0.3) is 0 Å². The molecule has 0 bridgehead atoms. The molecule has 1 unspecified atom stereocenters. The largest absolute Gasteiger partial charge is 0.322 e. The summed E-state index contributed by atoms with van der Waals surface area (Å²) >= 11 is 5.62. The van der Waals surface area contributed by atoms with Crippen LogP contribution in [-0.4, -0.2) is 9.78 Å². The van der Waals surface area contributed by atoms with Crippen molar-refractivity contribution in [2.45, 2.75) is 12.5 Å². The summed E-state index contributed by atoms with van der Waals surface area (Å²) in [5.74, 6) is -0.419. The lowest BCUT2D eigenvalue weighted by Crippen LogP contribution is -2.14. The molecule has 0 aliphatic rings. The molecule has 0 fully saturated rings. The molecule has 3 nitrogen and oxygen atoms in total. The number of aromatic nitrogens is 2. The van der Waals surface area contributed by atoms with Crippen LogP contribution in [0.4, 0.5) is 4.39 Å². The smallest absolute Gasteiger partial charge is 0.142 e. The van der Waals surface area contributed by atoms with E-state index in [1.165, 1.54) is 12.1 Å². The molecule has 0 amide bonds. The number of nitrogens with two attached hydrogens (primary N) is 1. The highest BCUT2D eigenvalue weighted by Crippen LogP contribution is 2.19. The van der Waals surface area contributed by atoms with Gasteiger partial charge in [-0.05, 0) is 30.2 Å². The summed E-state index contributed by atoms with van der Waals surface area (Å²) in [6.45, 7) is 0. The summed E-state index contributed by atoms with van der Waals surface area (Å²) in [6.07, 6.45) is 2.36. The van der Waals surface area contributed by atoms with Crippen molar-refractivity contribution in [1.29, 1.82) is 0 Å². The van der Waals surface area contributed by atoms with Gasteiger partial charge in [-0.25, -0.2) is 4.39 Å². The summed E-state index contributed by atoms with van der Waals surface area (Å²) in [7, 11) is 1.83. The first-order chi connectivity index (χ1) is 8.06. The average Bonchev–Trinajstić information content (AvgIpc) is 2.70. The first-order valence-corrected chi connectivity index (χ1v) is 5.63. The van der Waals surface area contributed by atoms with E-state index in [0.29, 0.717) is 6.42 Å². The van der Waals surface area contributed by atoms with Crippen molar-refractivity contribution in [3.05, 3.63) is 52.6 Å². The summed E-state index contributed by atoms with van der Waals surface area (Å²) in [6, 6.07) is 6.34. The number of halogens is 2. The molecule has 5 heteroatoms. The second kappa shape index (κ2) is 4.85. The Kier molecular flexibility index (Phi) is 3.45. The van der Waals surface area contributed by atoms with Crippen LogP contribution >= 0.6 is 11.6 Å². The number of hydrogen-bond donors (Lipinski definition) is 1. The Morgan fingerprint density at radius 3 is 2.82 bits per heavy atom. The molecule has 0 saturated heterocycles. The SMILES string of the molecule is Cn1ccc(C(N)Cc2ccc(Cl)c(F)c2)n1. The van der Waals surface area contributed by atoms with Crippen molar-refractivity contribution < 1.29 is 4.39 Å². The van der Waals surface area contributed by atoms with Gasteiger partial charge in [-0.15, -0.1) is 0 Å². The van der Waals surface area contributed by atoms with E-state index in [1.807, 2.05) is 19.3 Å². The Hall–Kier alpha value is -1.39. The van der Waals surface area contributed by atoms with Gasteiger partial charge in [-0.2, -0.15) is 5.10 Å². The van der Waals surface area contributed by atoms with Crippen molar-refractivity contribution in [2.24, 2.45) is 12.8 Å². The zero-order chi connectivity index (χ0) is 12.4. The first kappa shape index (κ1) is 12.1. The van der Waals surface area contributed by atoms with E-state index in [1.54, 1.807) is 10.7 Å². The molecule has 0 radical (unpaired) electrons. The number of hydrogen-bond acceptors (Lipinski definition) is 2. The molecule has 90 valence electrons. The molecule has 1 heterocycles. The second-order valence-electron chi connectivity index (χ2n) is 3.97. The molecule has 0 aliphatic heterocycles. The zero-order valence-electron chi connectivity index (χ0n) is 9.40. The Morgan fingerprint density at radius 1 is 1.47 bits per heavy atom. The monoisotopic (exact) mass is 253 g/mol. The highest BCUT2D eigenvalue weighted by atomic mass is 35.5. The molecule has 0 spiro atoms. The fourth-order valence-corrected chi connectivity index (χ4v) is 1.77. The summed E-state index contributed by atoms with van der Waals surface area (Å²) < 4.78 is 14.9. The predicted molar refractivity (Wildman–Crippen MR) is 65.3 cm³/mol. The van der Waals surface area contributed by atoms with Gasteiger partial charge in [-0.1, -0.05) is 17.7 Å². The van der Waals surface area contributed by atoms with E-state index in [2.05, 4.69) is 5.10 Å². The topological polar surface area (TPSA) is 43.8 Å². The standard InChI is InChI=1S/C12H13ClFN3/c1-17-5-4-12(16-17)11(15)7-8-2-3-9(13)10(14)6-8/h2-6,11H,7,15H2,1H3. The van der Waals surface area contributed by atoms with E-state index < -0.39 is 5.82 Å². The van der Waals surface area contributed by atoms with E-state index in [9.17, 15) is 4.39 Å². The van der Waals surface area contributed by atoms with Crippen LogP contribution in [0.1, 0.15) is 17.3 Å². The van der Waals surface area contributed by atoms with Crippen LogP contribution in [0, 0.1) is 5.82 Å². The van der Waals surface area contributed by atoms with Gasteiger partial charge in [-0.3, -0.25) is 4.68 Å². The maximum absolute atomic E-state index is 13.2. The van der Waals surface area contributed by atoms with Gasteiger partial charge in [0.2, 0.25) is 0 Å². The van der Waals surface area contributed by atoms with Crippen LogP contribution in [-0.2, 0) is 13.5 Å². The maximum atomic E-state index is 13.2. The van der Waals surface area contributed by atoms with Crippen LogP contribution < -0.4 is 5.73 Å². The van der Waals surface area contributed by atoms with Crippen LogP contribution in [0.2, 0.25) is 5.02 Å². The molecular formula is C12H13ClFN3. The molecule has 1 atom stereocenters. The quantitative estimate of drug-likeness (QED) is 0.913. The van der Waals surface area contributed by atoms with E-state index in [-0.39, 0.29) is 11.1 Å². The van der Waals surface area contributed by atoms with Crippen LogP contribution in [0.15, 0.2) is 30.5 Å². The van der Waals surface area contributed by atoms with Crippen molar-refractivity contribution >= 4 is 11.6 Å². The fraction of sp³-hybridized carbons (Fsp3) is 0.250. The third kappa shape index (κ3) is 2.84. The molecule has 2 rings (SSSR count). The average molecular weight is 254 g/mol. The van der Waals surface area contributed by atoms with Gasteiger partial charge in [0.15, 0.2) is 0 Å². The summed E-state index contributed by atoms with van der Waals surface area (Å²) in [5, 5.41) is 4.34. The van der Waals surface area contributed by atoms with Crippen LogP contribution in [0.5, 0.6) is 0 Å². The highest BCUT2D eigenvalue weighted by Gasteiger charge is 2.11. The molecular weight excluding hydrogens is 241 g/mol. The Balaban J connectivity index is 2.12. The Labute approximate surface area is 104 Å². The number of nitrogens with zero attached hydrogens (tertiary/aromatic N) is 2. The second-order valence-corrected chi connectivity index (χ2v) is 4.38. The van der Waals surface area contributed by atoms with Crippen molar-refractivity contribution in [3.8, 4) is 0 Å². The fourth-order valence-electron chi connectivity index (χ4n) is 1.66. The van der Waals surface area contributed by atoms with Crippen molar-refractivity contribution in [3.63, 3.8) is 0 Å². The zero-order valence-corrected chi connectivity index (χ0v) is 10.2. The lowest BCUT2D eigenvalue weighted by molar-refractivity contribution is 0.618. The lowest BCUT2D eigenvalue weighted by atomic mass is 10.0. The first-order valence-electron chi connectivity index (χ1n) is 5.25. The van der Waals surface area contributed by atoms with Crippen LogP contribution in [0.3, 0.4) is 0 Å². The molecule has 0 saturated carbocycles. The van der Waals surface area contributed by atoms with Crippen molar-refractivity contribution in [2.75, 3.05) is 0 Å². The molecule has 17 heavy (non-hydrogen) atoms. The minimum atomic E-state index is -0.419. The van der Waals surface area contributed by atoms with E-state index >= 15 is 0 Å². The normalized spacial score (nSPS) is 12.7.